The highest BCUT2D eigenvalue weighted by atomic mass is 16.8. The quantitative estimate of drug-likeness (QED) is 0.524. The molecule has 0 aliphatic carbocycles. The van der Waals surface area contributed by atoms with E-state index >= 15 is 0 Å². The van der Waals surface area contributed by atoms with Crippen molar-refractivity contribution in [2.45, 2.75) is 44.9 Å². The maximum atomic E-state index is 5.64. The van der Waals surface area contributed by atoms with Crippen LogP contribution >= 0.6 is 0 Å². The van der Waals surface area contributed by atoms with Crippen molar-refractivity contribution in [2.75, 3.05) is 6.61 Å². The zero-order valence-corrected chi connectivity index (χ0v) is 7.16. The van der Waals surface area contributed by atoms with E-state index < -0.39 is 5.79 Å². The van der Waals surface area contributed by atoms with Crippen molar-refractivity contribution in [2.24, 2.45) is 0 Å². The van der Waals surface area contributed by atoms with Crippen molar-refractivity contribution in [3.05, 3.63) is 0 Å². The maximum Gasteiger partial charge on any atom is 0.164 e. The number of ether oxygens (including phenoxy) is 3. The molecule has 2 saturated heterocycles. The molecule has 3 heteroatoms. The third-order valence-corrected chi connectivity index (χ3v) is 2.21. The topological polar surface area (TPSA) is 27.7 Å². The molecule has 3 nitrogen and oxygen atoms in total. The van der Waals surface area contributed by atoms with Crippen LogP contribution in [0.1, 0.15) is 20.8 Å². The van der Waals surface area contributed by atoms with E-state index in [9.17, 15) is 0 Å². The summed E-state index contributed by atoms with van der Waals surface area (Å²) in [4.78, 5) is 0. The van der Waals surface area contributed by atoms with Gasteiger partial charge in [-0.2, -0.15) is 0 Å². The van der Waals surface area contributed by atoms with Gasteiger partial charge in [0.2, 0.25) is 0 Å². The molecule has 0 amide bonds. The average Bonchev–Trinajstić information content (AvgIpc) is 2.31. The van der Waals surface area contributed by atoms with Crippen molar-refractivity contribution >= 4 is 0 Å². The highest BCUT2D eigenvalue weighted by Crippen LogP contribution is 2.34. The summed E-state index contributed by atoms with van der Waals surface area (Å²) in [6, 6.07) is 0. The lowest BCUT2D eigenvalue weighted by molar-refractivity contribution is -0.173. The van der Waals surface area contributed by atoms with Crippen LogP contribution in [-0.4, -0.2) is 30.7 Å². The second-order valence-corrected chi connectivity index (χ2v) is 3.68. The number of rotatable bonds is 0. The fraction of sp³-hybridized carbons (Fsp3) is 1.00. The second kappa shape index (κ2) is 2.19. The van der Waals surface area contributed by atoms with Gasteiger partial charge in [-0.05, 0) is 20.8 Å². The zero-order chi connectivity index (χ0) is 8.06. The van der Waals surface area contributed by atoms with Gasteiger partial charge >= 0.3 is 0 Å². The molecule has 0 N–H and O–H groups in total. The summed E-state index contributed by atoms with van der Waals surface area (Å²) in [5.41, 5.74) is 0. The molecule has 0 bridgehead atoms. The molecule has 0 spiro atoms. The molecule has 2 aliphatic rings. The Kier molecular flexibility index (Phi) is 1.50. The smallest absolute Gasteiger partial charge is 0.164 e. The van der Waals surface area contributed by atoms with Crippen LogP contribution in [0.2, 0.25) is 0 Å². The molecule has 3 atom stereocenters. The Balaban J connectivity index is 2.10. The van der Waals surface area contributed by atoms with Crippen molar-refractivity contribution < 1.29 is 14.2 Å². The van der Waals surface area contributed by atoms with E-state index in [-0.39, 0.29) is 18.3 Å². The first-order valence-electron chi connectivity index (χ1n) is 4.06. The highest BCUT2D eigenvalue weighted by molar-refractivity contribution is 4.89. The van der Waals surface area contributed by atoms with Crippen LogP contribution < -0.4 is 0 Å². The summed E-state index contributed by atoms with van der Waals surface area (Å²) >= 11 is 0. The monoisotopic (exact) mass is 158 g/mol. The van der Waals surface area contributed by atoms with Crippen LogP contribution in [0.4, 0.5) is 0 Å². The van der Waals surface area contributed by atoms with Crippen LogP contribution in [-0.2, 0) is 14.2 Å². The minimum absolute atomic E-state index is 0.144. The Morgan fingerprint density at radius 1 is 1.27 bits per heavy atom. The molecule has 64 valence electrons. The molecule has 0 aromatic carbocycles. The Labute approximate surface area is 66.6 Å². The molecule has 3 unspecified atom stereocenters. The maximum absolute atomic E-state index is 5.64. The highest BCUT2D eigenvalue weighted by Gasteiger charge is 2.48. The second-order valence-electron chi connectivity index (χ2n) is 3.68. The minimum atomic E-state index is -0.409. The number of fused-ring (bicyclic) bond motifs is 1. The average molecular weight is 158 g/mol. The fourth-order valence-electron chi connectivity index (χ4n) is 1.73. The van der Waals surface area contributed by atoms with Gasteiger partial charge in [0.1, 0.15) is 12.2 Å². The van der Waals surface area contributed by atoms with Gasteiger partial charge in [0, 0.05) is 0 Å². The summed E-state index contributed by atoms with van der Waals surface area (Å²) < 4.78 is 16.6. The lowest BCUT2D eigenvalue weighted by Gasteiger charge is -2.19. The van der Waals surface area contributed by atoms with Crippen molar-refractivity contribution in [3.8, 4) is 0 Å². The molecule has 0 aromatic rings. The molecule has 0 aromatic heterocycles. The molecule has 0 saturated carbocycles. The first-order chi connectivity index (χ1) is 5.08. The fourth-order valence-corrected chi connectivity index (χ4v) is 1.73. The minimum Gasteiger partial charge on any atom is -0.373 e. The molecule has 2 aliphatic heterocycles. The van der Waals surface area contributed by atoms with Crippen molar-refractivity contribution in [3.63, 3.8) is 0 Å². The first kappa shape index (κ1) is 7.53. The van der Waals surface area contributed by atoms with E-state index in [4.69, 9.17) is 14.2 Å². The van der Waals surface area contributed by atoms with E-state index in [1.165, 1.54) is 0 Å². The third kappa shape index (κ3) is 1.17. The summed E-state index contributed by atoms with van der Waals surface area (Å²) in [5.74, 6) is -0.409. The molecule has 2 heterocycles. The van der Waals surface area contributed by atoms with E-state index in [2.05, 4.69) is 0 Å². The van der Waals surface area contributed by atoms with Gasteiger partial charge in [-0.3, -0.25) is 0 Å². The van der Waals surface area contributed by atoms with Gasteiger partial charge in [0.15, 0.2) is 5.79 Å². The van der Waals surface area contributed by atoms with Crippen molar-refractivity contribution in [1.29, 1.82) is 0 Å². The van der Waals surface area contributed by atoms with Gasteiger partial charge in [0.05, 0.1) is 12.7 Å². The summed E-state index contributed by atoms with van der Waals surface area (Å²) in [6.45, 7) is 6.58. The zero-order valence-electron chi connectivity index (χ0n) is 7.16. The summed E-state index contributed by atoms with van der Waals surface area (Å²) in [5, 5.41) is 0. The Bertz CT molecular complexity index is 167. The van der Waals surface area contributed by atoms with Gasteiger partial charge in [0.25, 0.3) is 0 Å². The van der Waals surface area contributed by atoms with Crippen LogP contribution in [0, 0.1) is 0 Å². The lowest BCUT2D eigenvalue weighted by Crippen LogP contribution is -2.27. The SMILES string of the molecule is CC1OCC2OC(C)(C)OC12. The molecule has 2 fully saturated rings. The molecular weight excluding hydrogens is 144 g/mol. The standard InChI is InChI=1S/C8H14O3/c1-5-7-6(4-9-5)10-8(2,3)11-7/h5-7H,4H2,1-3H3. The van der Waals surface area contributed by atoms with Gasteiger partial charge in [-0.25, -0.2) is 0 Å². The molecule has 2 rings (SSSR count). The van der Waals surface area contributed by atoms with Gasteiger partial charge in [-0.15, -0.1) is 0 Å². The first-order valence-corrected chi connectivity index (χ1v) is 4.06. The Morgan fingerprint density at radius 2 is 2.00 bits per heavy atom. The summed E-state index contributed by atoms with van der Waals surface area (Å²) in [6.07, 6.45) is 0.478. The van der Waals surface area contributed by atoms with Crippen LogP contribution in [0.15, 0.2) is 0 Å². The van der Waals surface area contributed by atoms with E-state index in [1.54, 1.807) is 0 Å². The van der Waals surface area contributed by atoms with Crippen LogP contribution in [0.5, 0.6) is 0 Å². The number of hydrogen-bond acceptors (Lipinski definition) is 3. The van der Waals surface area contributed by atoms with Crippen LogP contribution in [0.25, 0.3) is 0 Å². The predicted octanol–water partition coefficient (Wildman–Crippen LogP) is 0.925. The Morgan fingerprint density at radius 3 is 2.64 bits per heavy atom. The van der Waals surface area contributed by atoms with E-state index in [0.29, 0.717) is 6.61 Å². The van der Waals surface area contributed by atoms with Gasteiger partial charge in [-0.1, -0.05) is 0 Å². The number of hydrogen-bond donors (Lipinski definition) is 0. The van der Waals surface area contributed by atoms with E-state index in [0.717, 1.165) is 0 Å². The molecule has 11 heavy (non-hydrogen) atoms. The van der Waals surface area contributed by atoms with Crippen LogP contribution in [0.3, 0.4) is 0 Å². The van der Waals surface area contributed by atoms with Gasteiger partial charge < -0.3 is 14.2 Å². The predicted molar refractivity (Wildman–Crippen MR) is 39.2 cm³/mol. The third-order valence-electron chi connectivity index (χ3n) is 2.21. The molecular formula is C8H14O3. The normalized spacial score (nSPS) is 47.7. The van der Waals surface area contributed by atoms with Crippen molar-refractivity contribution in [1.82, 2.24) is 0 Å². The Hall–Kier alpha value is -0.120. The van der Waals surface area contributed by atoms with E-state index in [1.807, 2.05) is 20.8 Å². The summed E-state index contributed by atoms with van der Waals surface area (Å²) in [7, 11) is 0. The largest absolute Gasteiger partial charge is 0.373 e. The molecule has 0 radical (unpaired) electrons. The lowest BCUT2D eigenvalue weighted by atomic mass is 10.2.